The van der Waals surface area contributed by atoms with Gasteiger partial charge < -0.3 is 0 Å². The lowest BCUT2D eigenvalue weighted by molar-refractivity contribution is 1.35. The van der Waals surface area contributed by atoms with Crippen molar-refractivity contribution in [1.82, 2.24) is 4.98 Å². The third-order valence-electron chi connectivity index (χ3n) is 0.702. The van der Waals surface area contributed by atoms with E-state index in [0.717, 1.165) is 0 Å². The van der Waals surface area contributed by atoms with Crippen LogP contribution in [-0.2, 0) is 0 Å². The van der Waals surface area contributed by atoms with Gasteiger partial charge in [0, 0.05) is 12.3 Å². The van der Waals surface area contributed by atoms with Crippen molar-refractivity contribution in [3.8, 4) is 0 Å². The zero-order valence-corrected chi connectivity index (χ0v) is 5.39. The third kappa shape index (κ3) is 2.82. The van der Waals surface area contributed by atoms with Crippen LogP contribution in [-0.4, -0.2) is 4.98 Å². The van der Waals surface area contributed by atoms with E-state index in [-0.39, 0.29) is 17.8 Å². The summed E-state index contributed by atoms with van der Waals surface area (Å²) in [6.07, 6.45) is 3.94. The molecule has 2 nitrogen and oxygen atoms in total. The summed E-state index contributed by atoms with van der Waals surface area (Å²) in [5.74, 6) is 0. The molecule has 0 N–H and O–H groups in total. The van der Waals surface area contributed by atoms with Crippen LogP contribution in [0.3, 0.4) is 0 Å². The van der Waals surface area contributed by atoms with Crippen molar-refractivity contribution >= 4 is 12.4 Å². The fourth-order valence-electron chi connectivity index (χ4n) is 0.373. The number of rotatable bonds is 0. The molecule has 0 fully saturated rings. The summed E-state index contributed by atoms with van der Waals surface area (Å²) < 4.78 is 0. The second-order valence-corrected chi connectivity index (χ2v) is 1.31. The first-order chi connectivity index (χ1) is 3.89. The fourth-order valence-corrected chi connectivity index (χ4v) is 0.373. The van der Waals surface area contributed by atoms with E-state index in [1.165, 1.54) is 18.3 Å². The molecule has 0 aromatic carbocycles. The van der Waals surface area contributed by atoms with Gasteiger partial charge in [0.15, 0.2) is 5.43 Å². The minimum atomic E-state index is -0.0671. The van der Waals surface area contributed by atoms with Gasteiger partial charge in [0.25, 0.3) is 0 Å². The van der Waals surface area contributed by atoms with Crippen molar-refractivity contribution in [2.24, 2.45) is 0 Å². The van der Waals surface area contributed by atoms with Crippen molar-refractivity contribution < 1.29 is 0 Å². The lowest BCUT2D eigenvalue weighted by Gasteiger charge is -1.54. The zero-order chi connectivity index (χ0) is 5.82. The van der Waals surface area contributed by atoms with Gasteiger partial charge in [-0.05, 0) is 12.1 Å². The summed E-state index contributed by atoms with van der Waals surface area (Å²) >= 11 is 0. The quantitative estimate of drug-likeness (QED) is 0.533. The molecule has 0 aliphatic carbocycles. The molecule has 1 aromatic heterocycles. The molecule has 47 valence electrons. The van der Waals surface area contributed by atoms with Crippen LogP contribution in [0.4, 0.5) is 0 Å². The molecule has 9 heavy (non-hydrogen) atoms. The van der Waals surface area contributed by atoms with Crippen molar-refractivity contribution in [3.05, 3.63) is 40.8 Å². The van der Waals surface area contributed by atoms with Crippen LogP contribution in [0.2, 0.25) is 0 Å². The molecule has 0 aliphatic rings. The lowest BCUT2D eigenvalue weighted by atomic mass is 10.5. The van der Waals surface area contributed by atoms with E-state index < -0.39 is 0 Å². The van der Waals surface area contributed by atoms with Gasteiger partial charge in [-0.15, -0.1) is 12.4 Å². The second kappa shape index (κ2) is 4.04. The predicted molar refractivity (Wildman–Crippen MR) is 36.6 cm³/mol. The highest BCUT2D eigenvalue weighted by atomic mass is 35.5. The van der Waals surface area contributed by atoms with Crippen LogP contribution in [0.5, 0.6) is 0 Å². The summed E-state index contributed by atoms with van der Waals surface area (Å²) in [5.41, 5.74) is -0.0671. The van der Waals surface area contributed by atoms with Gasteiger partial charge in [0.1, 0.15) is 0 Å². The predicted octanol–water partition coefficient (Wildman–Crippen LogP) is 0.664. The number of hydrogen-bond donors (Lipinski definition) is 0. The van der Waals surface area contributed by atoms with Gasteiger partial charge in [0.05, 0.1) is 6.20 Å². The maximum Gasteiger partial charge on any atom is 0.180 e. The molecule has 0 saturated carbocycles. The normalized spacial score (nSPS) is 7.56. The number of aromatic nitrogens is 1. The minimum absolute atomic E-state index is 0. The van der Waals surface area contributed by atoms with Crippen molar-refractivity contribution in [2.45, 2.75) is 0 Å². The molecule has 0 saturated heterocycles. The molecular weight excluding hydrogens is 138 g/mol. The fraction of sp³-hybridized carbons (Fsp3) is 0. The molecule has 1 heterocycles. The second-order valence-electron chi connectivity index (χ2n) is 1.31. The summed E-state index contributed by atoms with van der Waals surface area (Å²) in [6, 6.07) is 4.31. The van der Waals surface area contributed by atoms with E-state index in [0.29, 0.717) is 0 Å². The Balaban J connectivity index is 0.000000640. The van der Waals surface area contributed by atoms with E-state index in [2.05, 4.69) is 11.2 Å². The highest BCUT2D eigenvalue weighted by Gasteiger charge is 1.71. The molecule has 0 amide bonds. The maximum atomic E-state index is 10.4. The van der Waals surface area contributed by atoms with E-state index >= 15 is 0 Å². The number of nitrogens with zero attached hydrogens (tertiary/aromatic N) is 1. The highest BCUT2D eigenvalue weighted by molar-refractivity contribution is 5.85. The molecule has 0 unspecified atom stereocenters. The van der Waals surface area contributed by atoms with Crippen LogP contribution < -0.4 is 5.43 Å². The van der Waals surface area contributed by atoms with Gasteiger partial charge in [-0.2, -0.15) is 0 Å². The van der Waals surface area contributed by atoms with Gasteiger partial charge in [0.2, 0.25) is 0 Å². The largest absolute Gasteiger partial charge is 0.290 e. The van der Waals surface area contributed by atoms with Gasteiger partial charge in [-0.25, -0.2) is 0 Å². The molecule has 0 bridgehead atoms. The SMILES string of the molecule is Cl.O=c1c[c]nccc1. The molecule has 0 spiro atoms. The van der Waals surface area contributed by atoms with Gasteiger partial charge in [-0.1, -0.05) is 0 Å². The van der Waals surface area contributed by atoms with Crippen LogP contribution in [0.15, 0.2) is 29.2 Å². The van der Waals surface area contributed by atoms with E-state index in [9.17, 15) is 4.79 Å². The van der Waals surface area contributed by atoms with Crippen LogP contribution in [0.1, 0.15) is 0 Å². The lowest BCUT2D eigenvalue weighted by Crippen LogP contribution is -1.87. The summed E-state index contributed by atoms with van der Waals surface area (Å²) in [5, 5.41) is 0. The summed E-state index contributed by atoms with van der Waals surface area (Å²) in [4.78, 5) is 14.0. The number of hydrogen-bond acceptors (Lipinski definition) is 2. The van der Waals surface area contributed by atoms with Crippen molar-refractivity contribution in [2.75, 3.05) is 0 Å². The van der Waals surface area contributed by atoms with Gasteiger partial charge in [-0.3, -0.25) is 9.78 Å². The van der Waals surface area contributed by atoms with Crippen LogP contribution >= 0.6 is 12.4 Å². The molecule has 1 aromatic rings. The Morgan fingerprint density at radius 1 is 1.56 bits per heavy atom. The summed E-state index contributed by atoms with van der Waals surface area (Å²) in [6.45, 7) is 0. The molecule has 3 heteroatoms. The average molecular weight is 143 g/mol. The van der Waals surface area contributed by atoms with Crippen LogP contribution in [0, 0.1) is 6.20 Å². The summed E-state index contributed by atoms with van der Waals surface area (Å²) in [7, 11) is 0. The molecule has 1 radical (unpaired) electrons. The minimum Gasteiger partial charge on any atom is -0.290 e. The van der Waals surface area contributed by atoms with E-state index in [1.807, 2.05) is 0 Å². The molecular formula is C6H5ClNO. The molecule has 0 atom stereocenters. The maximum absolute atomic E-state index is 10.4. The van der Waals surface area contributed by atoms with E-state index in [1.54, 1.807) is 6.07 Å². The smallest absolute Gasteiger partial charge is 0.180 e. The highest BCUT2D eigenvalue weighted by Crippen LogP contribution is 1.65. The first-order valence-corrected chi connectivity index (χ1v) is 2.22. The Kier molecular flexibility index (Phi) is 3.64. The Bertz CT molecular complexity index is 204. The molecule has 1 rings (SSSR count). The Morgan fingerprint density at radius 3 is 3.11 bits per heavy atom. The van der Waals surface area contributed by atoms with Crippen LogP contribution in [0.25, 0.3) is 0 Å². The monoisotopic (exact) mass is 142 g/mol. The van der Waals surface area contributed by atoms with Gasteiger partial charge >= 0.3 is 0 Å². The topological polar surface area (TPSA) is 30.0 Å². The molecule has 0 aliphatic heterocycles. The van der Waals surface area contributed by atoms with Crippen molar-refractivity contribution in [3.63, 3.8) is 0 Å². The first kappa shape index (κ1) is 8.11. The number of halogens is 1. The Labute approximate surface area is 59.0 Å². The van der Waals surface area contributed by atoms with E-state index in [4.69, 9.17) is 0 Å². The Morgan fingerprint density at radius 2 is 2.33 bits per heavy atom. The first-order valence-electron chi connectivity index (χ1n) is 2.22. The average Bonchev–Trinajstić information content (AvgIpc) is 1.94. The Hall–Kier alpha value is -0.890. The van der Waals surface area contributed by atoms with Crippen molar-refractivity contribution in [1.29, 1.82) is 0 Å². The third-order valence-corrected chi connectivity index (χ3v) is 0.702. The zero-order valence-electron chi connectivity index (χ0n) is 4.57. The standard InChI is InChI=1S/C6H4NO.ClH/c8-6-2-1-4-7-5-3-6;/h1-4H;1H.